The van der Waals surface area contributed by atoms with Crippen LogP contribution in [-0.4, -0.2) is 47.9 Å². The third kappa shape index (κ3) is 2.90. The minimum atomic E-state index is 0.122. The second-order valence-corrected chi connectivity index (χ2v) is 7.00. The van der Waals surface area contributed by atoms with Crippen LogP contribution in [0, 0.1) is 0 Å². The molecule has 0 saturated carbocycles. The standard InChI is InChI=1S/C15H19BrN2OS/c16-11-4-5-13(14(20)9-11)15(19)18-8-2-7-17-6-1-3-12(17)10-18/h4-5,9,12,20H,1-3,6-8,10H2. The van der Waals surface area contributed by atoms with Crippen molar-refractivity contribution in [1.29, 1.82) is 0 Å². The molecule has 20 heavy (non-hydrogen) atoms. The molecule has 1 amide bonds. The lowest BCUT2D eigenvalue weighted by molar-refractivity contribution is 0.0740. The van der Waals surface area contributed by atoms with Gasteiger partial charge in [-0.1, -0.05) is 15.9 Å². The molecule has 108 valence electrons. The number of rotatable bonds is 1. The molecule has 0 bridgehead atoms. The first kappa shape index (κ1) is 14.4. The fourth-order valence-corrected chi connectivity index (χ4v) is 4.09. The number of amides is 1. The molecule has 5 heteroatoms. The Labute approximate surface area is 133 Å². The van der Waals surface area contributed by atoms with Gasteiger partial charge < -0.3 is 4.90 Å². The maximum absolute atomic E-state index is 12.7. The average Bonchev–Trinajstić information content (AvgIpc) is 2.75. The molecule has 1 unspecified atom stereocenters. The first-order valence-electron chi connectivity index (χ1n) is 7.17. The van der Waals surface area contributed by atoms with Crippen molar-refractivity contribution in [2.24, 2.45) is 0 Å². The van der Waals surface area contributed by atoms with Gasteiger partial charge in [0.1, 0.15) is 0 Å². The fraction of sp³-hybridized carbons (Fsp3) is 0.533. The Kier molecular flexibility index (Phi) is 4.38. The topological polar surface area (TPSA) is 23.6 Å². The molecule has 0 aliphatic carbocycles. The van der Waals surface area contributed by atoms with Gasteiger partial charge in [0.05, 0.1) is 5.56 Å². The van der Waals surface area contributed by atoms with E-state index in [0.717, 1.165) is 35.4 Å². The van der Waals surface area contributed by atoms with Crippen molar-refractivity contribution in [3.8, 4) is 0 Å². The fourth-order valence-electron chi connectivity index (χ4n) is 3.25. The molecule has 0 radical (unpaired) electrons. The van der Waals surface area contributed by atoms with E-state index in [-0.39, 0.29) is 5.91 Å². The third-order valence-corrected chi connectivity index (χ3v) is 5.14. The molecule has 1 atom stereocenters. The van der Waals surface area contributed by atoms with Crippen LogP contribution in [-0.2, 0) is 0 Å². The van der Waals surface area contributed by atoms with Crippen molar-refractivity contribution < 1.29 is 4.79 Å². The number of carbonyl (C=O) groups excluding carboxylic acids is 1. The van der Waals surface area contributed by atoms with Crippen molar-refractivity contribution in [3.05, 3.63) is 28.2 Å². The number of hydrogen-bond acceptors (Lipinski definition) is 3. The van der Waals surface area contributed by atoms with Crippen LogP contribution in [0.5, 0.6) is 0 Å². The van der Waals surface area contributed by atoms with Crippen molar-refractivity contribution >= 4 is 34.5 Å². The highest BCUT2D eigenvalue weighted by molar-refractivity contribution is 9.10. The quantitative estimate of drug-likeness (QED) is 0.783. The lowest BCUT2D eigenvalue weighted by atomic mass is 10.1. The number of nitrogens with zero attached hydrogens (tertiary/aromatic N) is 2. The average molecular weight is 355 g/mol. The monoisotopic (exact) mass is 354 g/mol. The zero-order chi connectivity index (χ0) is 14.1. The Morgan fingerprint density at radius 2 is 2.05 bits per heavy atom. The molecule has 2 saturated heterocycles. The second kappa shape index (κ2) is 6.08. The van der Waals surface area contributed by atoms with Gasteiger partial charge in [-0.25, -0.2) is 0 Å². The molecule has 3 nitrogen and oxygen atoms in total. The summed E-state index contributed by atoms with van der Waals surface area (Å²) < 4.78 is 0.955. The Morgan fingerprint density at radius 3 is 2.85 bits per heavy atom. The Hall–Kier alpha value is -0.520. The van der Waals surface area contributed by atoms with Crippen LogP contribution in [0.4, 0.5) is 0 Å². The summed E-state index contributed by atoms with van der Waals surface area (Å²) in [6.07, 6.45) is 3.56. The Balaban J connectivity index is 1.79. The summed E-state index contributed by atoms with van der Waals surface area (Å²) in [5.41, 5.74) is 0.711. The molecule has 1 aromatic rings. The largest absolute Gasteiger partial charge is 0.337 e. The van der Waals surface area contributed by atoms with E-state index < -0.39 is 0 Å². The van der Waals surface area contributed by atoms with Gasteiger partial charge >= 0.3 is 0 Å². The van der Waals surface area contributed by atoms with Gasteiger partial charge in [0, 0.05) is 35.0 Å². The van der Waals surface area contributed by atoms with E-state index in [1.165, 1.54) is 19.4 Å². The first-order valence-corrected chi connectivity index (χ1v) is 8.41. The molecule has 2 aliphatic heterocycles. The highest BCUT2D eigenvalue weighted by atomic mass is 79.9. The summed E-state index contributed by atoms with van der Waals surface area (Å²) in [5.74, 6) is 0.122. The maximum Gasteiger partial charge on any atom is 0.255 e. The molecular formula is C15H19BrN2OS. The van der Waals surface area contributed by atoms with E-state index in [2.05, 4.69) is 33.5 Å². The predicted molar refractivity (Wildman–Crippen MR) is 86.5 cm³/mol. The lowest BCUT2D eigenvalue weighted by Crippen LogP contribution is -2.39. The number of carbonyl (C=O) groups is 1. The first-order chi connectivity index (χ1) is 9.65. The Morgan fingerprint density at radius 1 is 1.25 bits per heavy atom. The van der Waals surface area contributed by atoms with Gasteiger partial charge in [0.25, 0.3) is 5.91 Å². The van der Waals surface area contributed by atoms with E-state index in [9.17, 15) is 4.79 Å². The van der Waals surface area contributed by atoms with E-state index in [0.29, 0.717) is 11.6 Å². The minimum Gasteiger partial charge on any atom is -0.337 e. The Bertz CT molecular complexity index is 523. The zero-order valence-electron chi connectivity index (χ0n) is 11.4. The van der Waals surface area contributed by atoms with E-state index >= 15 is 0 Å². The second-order valence-electron chi connectivity index (χ2n) is 5.60. The van der Waals surface area contributed by atoms with Crippen molar-refractivity contribution in [3.63, 3.8) is 0 Å². The van der Waals surface area contributed by atoms with Crippen LogP contribution in [0.15, 0.2) is 27.6 Å². The molecule has 3 rings (SSSR count). The van der Waals surface area contributed by atoms with Crippen LogP contribution in [0.25, 0.3) is 0 Å². The summed E-state index contributed by atoms with van der Waals surface area (Å²) in [4.78, 5) is 18.0. The van der Waals surface area contributed by atoms with E-state index in [1.54, 1.807) is 0 Å². The van der Waals surface area contributed by atoms with Crippen LogP contribution in [0.3, 0.4) is 0 Å². The third-order valence-electron chi connectivity index (χ3n) is 4.28. The highest BCUT2D eigenvalue weighted by Crippen LogP contribution is 2.25. The van der Waals surface area contributed by atoms with Crippen LogP contribution >= 0.6 is 28.6 Å². The van der Waals surface area contributed by atoms with Gasteiger partial charge in [-0.3, -0.25) is 9.69 Å². The smallest absolute Gasteiger partial charge is 0.255 e. The highest BCUT2D eigenvalue weighted by Gasteiger charge is 2.31. The van der Waals surface area contributed by atoms with Crippen LogP contribution in [0.1, 0.15) is 29.6 Å². The number of hydrogen-bond donors (Lipinski definition) is 1. The van der Waals surface area contributed by atoms with Gasteiger partial charge in [0.15, 0.2) is 0 Å². The van der Waals surface area contributed by atoms with Gasteiger partial charge in [-0.2, -0.15) is 0 Å². The van der Waals surface area contributed by atoms with Crippen LogP contribution in [0.2, 0.25) is 0 Å². The summed E-state index contributed by atoms with van der Waals surface area (Å²) >= 11 is 7.85. The normalized spacial score (nSPS) is 23.5. The summed E-state index contributed by atoms with van der Waals surface area (Å²) in [6, 6.07) is 6.22. The predicted octanol–water partition coefficient (Wildman–Crippen LogP) is 3.05. The SMILES string of the molecule is O=C(c1ccc(Br)cc1S)N1CCCN2CCCC2C1. The van der Waals surface area contributed by atoms with Crippen molar-refractivity contribution in [1.82, 2.24) is 9.80 Å². The molecule has 0 spiro atoms. The molecule has 1 aromatic carbocycles. The van der Waals surface area contributed by atoms with Crippen LogP contribution < -0.4 is 0 Å². The number of thiol groups is 1. The number of benzene rings is 1. The van der Waals surface area contributed by atoms with E-state index in [4.69, 9.17) is 0 Å². The van der Waals surface area contributed by atoms with Gasteiger partial charge in [-0.15, -0.1) is 12.6 Å². The van der Waals surface area contributed by atoms with Crippen molar-refractivity contribution in [2.45, 2.75) is 30.2 Å². The zero-order valence-corrected chi connectivity index (χ0v) is 13.9. The summed E-state index contributed by atoms with van der Waals surface area (Å²) in [7, 11) is 0. The van der Waals surface area contributed by atoms with E-state index in [1.807, 2.05) is 23.1 Å². The van der Waals surface area contributed by atoms with Gasteiger partial charge in [0.2, 0.25) is 0 Å². The molecule has 0 N–H and O–H groups in total. The number of halogens is 1. The summed E-state index contributed by atoms with van der Waals surface area (Å²) in [6.45, 7) is 4.04. The van der Waals surface area contributed by atoms with Crippen molar-refractivity contribution in [2.75, 3.05) is 26.2 Å². The molecule has 2 heterocycles. The summed E-state index contributed by atoms with van der Waals surface area (Å²) in [5, 5.41) is 0. The minimum absolute atomic E-state index is 0.122. The number of fused-ring (bicyclic) bond motifs is 1. The van der Waals surface area contributed by atoms with Gasteiger partial charge in [-0.05, 0) is 44.0 Å². The molecule has 2 aliphatic rings. The maximum atomic E-state index is 12.7. The molecular weight excluding hydrogens is 336 g/mol. The molecule has 2 fully saturated rings. The molecule has 0 aromatic heterocycles. The lowest BCUT2D eigenvalue weighted by Gasteiger charge is -2.26.